The van der Waals surface area contributed by atoms with Crippen molar-refractivity contribution in [3.8, 4) is 17.3 Å². The van der Waals surface area contributed by atoms with Crippen molar-refractivity contribution in [3.05, 3.63) is 36.1 Å². The zero-order valence-corrected chi connectivity index (χ0v) is 10.5. The van der Waals surface area contributed by atoms with Gasteiger partial charge >= 0.3 is 6.01 Å². The third-order valence-electron chi connectivity index (χ3n) is 2.54. The monoisotopic (exact) mass is 255 g/mol. The Bertz CT molecular complexity index is 608. The lowest BCUT2D eigenvalue weighted by Gasteiger charge is -1.97. The number of oxazole rings is 1. The highest BCUT2D eigenvalue weighted by Gasteiger charge is 2.08. The van der Waals surface area contributed by atoms with Crippen LogP contribution >= 0.6 is 0 Å². The molecule has 0 saturated heterocycles. The van der Waals surface area contributed by atoms with Crippen LogP contribution in [-0.4, -0.2) is 10.9 Å². The number of nitrogens with zero attached hydrogens (tertiary/aromatic N) is 2. The summed E-state index contributed by atoms with van der Waals surface area (Å²) >= 11 is 0. The first-order chi connectivity index (χ1) is 9.22. The second-order valence-electron chi connectivity index (χ2n) is 4.03. The molecule has 0 radical (unpaired) electrons. The molecule has 1 amide bonds. The number of carbonyl (C=O) groups excluding carboxylic acids is 1. The van der Waals surface area contributed by atoms with Crippen molar-refractivity contribution >= 4 is 11.9 Å². The van der Waals surface area contributed by atoms with E-state index < -0.39 is 0 Å². The number of aromatic nitrogens is 1. The summed E-state index contributed by atoms with van der Waals surface area (Å²) in [5.41, 5.74) is 2.04. The van der Waals surface area contributed by atoms with Crippen LogP contribution in [0.25, 0.3) is 11.3 Å². The number of hydrogen-bond donors (Lipinski definition) is 1. The van der Waals surface area contributed by atoms with E-state index in [1.165, 1.54) is 6.26 Å². The van der Waals surface area contributed by atoms with Gasteiger partial charge in [-0.2, -0.15) is 10.2 Å². The Kier molecular flexibility index (Phi) is 3.94. The van der Waals surface area contributed by atoms with E-state index in [1.807, 2.05) is 6.92 Å². The highest BCUT2D eigenvalue weighted by Crippen LogP contribution is 2.21. The Morgan fingerprint density at radius 1 is 1.42 bits per heavy atom. The van der Waals surface area contributed by atoms with E-state index >= 15 is 0 Å². The van der Waals surface area contributed by atoms with Crippen LogP contribution in [-0.2, 0) is 4.79 Å². The number of benzene rings is 1. The molecule has 1 heterocycles. The van der Waals surface area contributed by atoms with Crippen molar-refractivity contribution in [1.82, 2.24) is 4.98 Å². The van der Waals surface area contributed by atoms with Crippen LogP contribution in [0, 0.1) is 11.3 Å². The van der Waals surface area contributed by atoms with Crippen molar-refractivity contribution in [2.45, 2.75) is 19.8 Å². The first kappa shape index (κ1) is 12.8. The van der Waals surface area contributed by atoms with Crippen molar-refractivity contribution in [2.24, 2.45) is 0 Å². The summed E-state index contributed by atoms with van der Waals surface area (Å²) in [6.45, 7) is 1.93. The molecule has 0 aliphatic heterocycles. The van der Waals surface area contributed by atoms with Gasteiger partial charge in [0, 0.05) is 12.0 Å². The Labute approximate surface area is 110 Å². The second-order valence-corrected chi connectivity index (χ2v) is 4.03. The van der Waals surface area contributed by atoms with E-state index in [0.717, 1.165) is 12.0 Å². The SMILES string of the molecule is CCCC(=O)Nc1nc(-c2ccc(C#N)cc2)co1. The van der Waals surface area contributed by atoms with Gasteiger partial charge in [-0.1, -0.05) is 19.1 Å². The summed E-state index contributed by atoms with van der Waals surface area (Å²) in [6, 6.07) is 9.23. The lowest BCUT2D eigenvalue weighted by Crippen LogP contribution is -2.10. The van der Waals surface area contributed by atoms with Gasteiger partial charge in [-0.15, -0.1) is 0 Å². The predicted octanol–water partition coefficient (Wildman–Crippen LogP) is 2.95. The number of nitriles is 1. The smallest absolute Gasteiger partial charge is 0.301 e. The molecule has 5 heteroatoms. The van der Waals surface area contributed by atoms with Gasteiger partial charge in [0.2, 0.25) is 5.91 Å². The topological polar surface area (TPSA) is 78.9 Å². The number of carbonyl (C=O) groups is 1. The molecule has 0 bridgehead atoms. The zero-order valence-electron chi connectivity index (χ0n) is 10.5. The average molecular weight is 255 g/mol. The number of anilines is 1. The second kappa shape index (κ2) is 5.83. The first-order valence-corrected chi connectivity index (χ1v) is 5.99. The van der Waals surface area contributed by atoms with E-state index in [0.29, 0.717) is 17.7 Å². The number of amides is 1. The van der Waals surface area contributed by atoms with Gasteiger partial charge < -0.3 is 4.42 Å². The molecule has 1 aromatic heterocycles. The summed E-state index contributed by atoms with van der Waals surface area (Å²) in [5.74, 6) is -0.115. The van der Waals surface area contributed by atoms with Crippen LogP contribution < -0.4 is 5.32 Å². The molecule has 0 atom stereocenters. The summed E-state index contributed by atoms with van der Waals surface area (Å²) < 4.78 is 5.18. The highest BCUT2D eigenvalue weighted by molar-refractivity contribution is 5.88. The lowest BCUT2D eigenvalue weighted by molar-refractivity contribution is -0.116. The summed E-state index contributed by atoms with van der Waals surface area (Å²) in [7, 11) is 0. The minimum atomic E-state index is -0.115. The molecule has 0 spiro atoms. The maximum Gasteiger partial charge on any atom is 0.301 e. The van der Waals surface area contributed by atoms with E-state index in [4.69, 9.17) is 9.68 Å². The Morgan fingerprint density at radius 3 is 2.79 bits per heavy atom. The molecule has 96 valence electrons. The lowest BCUT2D eigenvalue weighted by atomic mass is 10.1. The maximum absolute atomic E-state index is 11.4. The van der Waals surface area contributed by atoms with Crippen molar-refractivity contribution in [2.75, 3.05) is 5.32 Å². The van der Waals surface area contributed by atoms with Crippen LogP contribution in [0.2, 0.25) is 0 Å². The molecule has 0 aliphatic rings. The molecule has 1 aromatic carbocycles. The fourth-order valence-electron chi connectivity index (χ4n) is 1.59. The molecule has 19 heavy (non-hydrogen) atoms. The quantitative estimate of drug-likeness (QED) is 0.910. The normalized spacial score (nSPS) is 9.89. The number of nitrogens with one attached hydrogen (secondary N) is 1. The third-order valence-corrected chi connectivity index (χ3v) is 2.54. The van der Waals surface area contributed by atoms with Gasteiger partial charge in [0.25, 0.3) is 0 Å². The van der Waals surface area contributed by atoms with Crippen molar-refractivity contribution < 1.29 is 9.21 Å². The molecular formula is C14H13N3O2. The van der Waals surface area contributed by atoms with Crippen LogP contribution in [0.1, 0.15) is 25.3 Å². The van der Waals surface area contributed by atoms with Crippen LogP contribution in [0.3, 0.4) is 0 Å². The minimum absolute atomic E-state index is 0.115. The number of rotatable bonds is 4. The molecule has 2 rings (SSSR count). The molecular weight excluding hydrogens is 242 g/mol. The van der Waals surface area contributed by atoms with Gasteiger partial charge in [0.15, 0.2) is 0 Å². The van der Waals surface area contributed by atoms with Crippen LogP contribution in [0.5, 0.6) is 0 Å². The molecule has 0 unspecified atom stereocenters. The van der Waals surface area contributed by atoms with E-state index in [9.17, 15) is 4.79 Å². The van der Waals surface area contributed by atoms with Gasteiger partial charge in [0.1, 0.15) is 12.0 Å². The van der Waals surface area contributed by atoms with Gasteiger partial charge in [-0.25, -0.2) is 0 Å². The zero-order chi connectivity index (χ0) is 13.7. The van der Waals surface area contributed by atoms with Gasteiger partial charge in [-0.05, 0) is 18.6 Å². The van der Waals surface area contributed by atoms with Crippen LogP contribution in [0.4, 0.5) is 6.01 Å². The molecule has 0 aliphatic carbocycles. The molecule has 0 saturated carbocycles. The Hall–Kier alpha value is -2.61. The Morgan fingerprint density at radius 2 is 2.16 bits per heavy atom. The minimum Gasteiger partial charge on any atom is -0.431 e. The van der Waals surface area contributed by atoms with Crippen LogP contribution in [0.15, 0.2) is 34.9 Å². The summed E-state index contributed by atoms with van der Waals surface area (Å²) in [6.07, 6.45) is 2.69. The van der Waals surface area contributed by atoms with E-state index in [1.54, 1.807) is 24.3 Å². The standard InChI is InChI=1S/C14H13N3O2/c1-2-3-13(18)17-14-16-12(9-19-14)11-6-4-10(8-15)5-7-11/h4-7,9H,2-3H2,1H3,(H,16,17,18). The fourth-order valence-corrected chi connectivity index (χ4v) is 1.59. The number of hydrogen-bond acceptors (Lipinski definition) is 4. The maximum atomic E-state index is 11.4. The highest BCUT2D eigenvalue weighted by atomic mass is 16.4. The third kappa shape index (κ3) is 3.19. The van der Waals surface area contributed by atoms with Gasteiger partial charge in [0.05, 0.1) is 11.6 Å². The van der Waals surface area contributed by atoms with Crippen molar-refractivity contribution in [3.63, 3.8) is 0 Å². The fraction of sp³-hybridized carbons (Fsp3) is 0.214. The molecule has 1 N–H and O–H groups in total. The molecule has 5 nitrogen and oxygen atoms in total. The summed E-state index contributed by atoms with van der Waals surface area (Å²) in [4.78, 5) is 15.6. The summed E-state index contributed by atoms with van der Waals surface area (Å²) in [5, 5.41) is 11.3. The van der Waals surface area contributed by atoms with E-state index in [-0.39, 0.29) is 11.9 Å². The predicted molar refractivity (Wildman–Crippen MR) is 70.2 cm³/mol. The molecule has 0 fully saturated rings. The molecule has 2 aromatic rings. The average Bonchev–Trinajstić information content (AvgIpc) is 2.87. The first-order valence-electron chi connectivity index (χ1n) is 5.99. The largest absolute Gasteiger partial charge is 0.431 e. The van der Waals surface area contributed by atoms with Gasteiger partial charge in [-0.3, -0.25) is 10.1 Å². The Balaban J connectivity index is 2.12. The van der Waals surface area contributed by atoms with Crippen molar-refractivity contribution in [1.29, 1.82) is 5.26 Å². The van der Waals surface area contributed by atoms with E-state index in [2.05, 4.69) is 16.4 Å².